The monoisotopic (exact) mass is 228 g/mol. The molecule has 5 nitrogen and oxygen atoms in total. The van der Waals surface area contributed by atoms with Crippen LogP contribution in [-0.4, -0.2) is 21.9 Å². The summed E-state index contributed by atoms with van der Waals surface area (Å²) in [5.74, 6) is 0. The summed E-state index contributed by atoms with van der Waals surface area (Å²) in [6.45, 7) is 1.78. The van der Waals surface area contributed by atoms with Crippen LogP contribution in [0.25, 0.3) is 0 Å². The fraction of sp³-hybridized carbons (Fsp3) is 0.222. The second kappa shape index (κ2) is 4.41. The van der Waals surface area contributed by atoms with E-state index in [0.717, 1.165) is 5.56 Å². The van der Waals surface area contributed by atoms with Crippen molar-refractivity contribution in [3.63, 3.8) is 0 Å². The SMILES string of the molecule is CNS(=O)(=O)c1ccc(C)c(NC=O)c1. The lowest BCUT2D eigenvalue weighted by atomic mass is 10.2. The van der Waals surface area contributed by atoms with E-state index in [1.54, 1.807) is 13.0 Å². The molecule has 2 N–H and O–H groups in total. The normalized spacial score (nSPS) is 11.1. The van der Waals surface area contributed by atoms with Crippen LogP contribution in [0.15, 0.2) is 23.1 Å². The summed E-state index contributed by atoms with van der Waals surface area (Å²) in [5, 5.41) is 2.44. The first-order valence-corrected chi connectivity index (χ1v) is 5.74. The first-order chi connectivity index (χ1) is 7.01. The van der Waals surface area contributed by atoms with Crippen LogP contribution in [0.5, 0.6) is 0 Å². The molecule has 1 aromatic carbocycles. The van der Waals surface area contributed by atoms with Gasteiger partial charge in [-0.25, -0.2) is 13.1 Å². The summed E-state index contributed by atoms with van der Waals surface area (Å²) in [4.78, 5) is 10.4. The summed E-state index contributed by atoms with van der Waals surface area (Å²) in [7, 11) is -2.13. The molecule has 0 saturated carbocycles. The third kappa shape index (κ3) is 2.54. The molecule has 0 atom stereocenters. The molecule has 0 aliphatic carbocycles. The Morgan fingerprint density at radius 1 is 1.33 bits per heavy atom. The predicted octanol–water partition coefficient (Wildman–Crippen LogP) is 0.471. The van der Waals surface area contributed by atoms with E-state index >= 15 is 0 Å². The van der Waals surface area contributed by atoms with Gasteiger partial charge in [-0.2, -0.15) is 0 Å². The highest BCUT2D eigenvalue weighted by molar-refractivity contribution is 7.89. The van der Waals surface area contributed by atoms with Gasteiger partial charge in [0.2, 0.25) is 16.4 Å². The zero-order valence-corrected chi connectivity index (χ0v) is 9.26. The van der Waals surface area contributed by atoms with E-state index in [9.17, 15) is 13.2 Å². The van der Waals surface area contributed by atoms with E-state index in [1.807, 2.05) is 0 Å². The summed E-state index contributed by atoms with van der Waals surface area (Å²) in [6, 6.07) is 4.53. The molecule has 0 radical (unpaired) electrons. The average molecular weight is 228 g/mol. The molecule has 1 rings (SSSR count). The van der Waals surface area contributed by atoms with Crippen LogP contribution in [-0.2, 0) is 14.8 Å². The van der Waals surface area contributed by atoms with Crippen LogP contribution < -0.4 is 10.0 Å². The Hall–Kier alpha value is -1.40. The molecule has 0 aliphatic heterocycles. The number of carbonyl (C=O) groups is 1. The van der Waals surface area contributed by atoms with E-state index < -0.39 is 10.0 Å². The van der Waals surface area contributed by atoms with E-state index in [2.05, 4.69) is 10.0 Å². The zero-order valence-electron chi connectivity index (χ0n) is 8.44. The number of rotatable bonds is 4. The molecule has 0 fully saturated rings. The van der Waals surface area contributed by atoms with E-state index in [4.69, 9.17) is 0 Å². The molecule has 0 aliphatic rings. The van der Waals surface area contributed by atoms with Crippen molar-refractivity contribution in [1.82, 2.24) is 4.72 Å². The smallest absolute Gasteiger partial charge is 0.240 e. The molecule has 0 heterocycles. The van der Waals surface area contributed by atoms with Gasteiger partial charge in [-0.3, -0.25) is 4.79 Å². The van der Waals surface area contributed by atoms with E-state index in [1.165, 1.54) is 19.2 Å². The summed E-state index contributed by atoms with van der Waals surface area (Å²) < 4.78 is 25.1. The maximum Gasteiger partial charge on any atom is 0.240 e. The zero-order chi connectivity index (χ0) is 11.5. The lowest BCUT2D eigenvalue weighted by molar-refractivity contribution is -0.105. The van der Waals surface area contributed by atoms with Crippen molar-refractivity contribution in [1.29, 1.82) is 0 Å². The van der Waals surface area contributed by atoms with E-state index in [-0.39, 0.29) is 4.90 Å². The van der Waals surface area contributed by atoms with Crippen LogP contribution in [0.4, 0.5) is 5.69 Å². The van der Waals surface area contributed by atoms with Crippen LogP contribution in [0.2, 0.25) is 0 Å². The number of hydrogen-bond donors (Lipinski definition) is 2. The maximum absolute atomic E-state index is 11.4. The minimum atomic E-state index is -3.46. The Balaban J connectivity index is 3.24. The minimum absolute atomic E-state index is 0.125. The fourth-order valence-electron chi connectivity index (χ4n) is 1.11. The number of amides is 1. The standard InChI is InChI=1S/C9H12N2O3S/c1-7-3-4-8(15(13,14)10-2)5-9(7)11-6-12/h3-6,10H,1-2H3,(H,11,12). The second-order valence-corrected chi connectivity index (χ2v) is 4.83. The van der Waals surface area contributed by atoms with Crippen molar-refractivity contribution in [2.45, 2.75) is 11.8 Å². The maximum atomic E-state index is 11.4. The number of hydrogen-bond acceptors (Lipinski definition) is 3. The fourth-order valence-corrected chi connectivity index (χ4v) is 1.86. The Bertz CT molecular complexity index is 468. The Kier molecular flexibility index (Phi) is 3.43. The van der Waals surface area contributed by atoms with Gasteiger partial charge in [-0.15, -0.1) is 0 Å². The highest BCUT2D eigenvalue weighted by atomic mass is 32.2. The van der Waals surface area contributed by atoms with Gasteiger partial charge in [0, 0.05) is 5.69 Å². The van der Waals surface area contributed by atoms with Crippen LogP contribution in [0.1, 0.15) is 5.56 Å². The number of benzene rings is 1. The minimum Gasteiger partial charge on any atom is -0.328 e. The lowest BCUT2D eigenvalue weighted by Gasteiger charge is -2.07. The van der Waals surface area contributed by atoms with Crippen molar-refractivity contribution in [2.24, 2.45) is 0 Å². The second-order valence-electron chi connectivity index (χ2n) is 2.95. The molecule has 82 valence electrons. The van der Waals surface area contributed by atoms with Crippen molar-refractivity contribution < 1.29 is 13.2 Å². The first-order valence-electron chi connectivity index (χ1n) is 4.25. The molecule has 0 aromatic heterocycles. The van der Waals surface area contributed by atoms with Crippen molar-refractivity contribution in [3.8, 4) is 0 Å². The molecular formula is C9H12N2O3S. The molecule has 0 bridgehead atoms. The number of carbonyl (C=O) groups excluding carboxylic acids is 1. The number of nitrogens with one attached hydrogen (secondary N) is 2. The Morgan fingerprint density at radius 3 is 2.53 bits per heavy atom. The van der Waals surface area contributed by atoms with Gasteiger partial charge in [0.15, 0.2) is 0 Å². The topological polar surface area (TPSA) is 75.3 Å². The van der Waals surface area contributed by atoms with Gasteiger partial charge >= 0.3 is 0 Å². The number of sulfonamides is 1. The third-order valence-corrected chi connectivity index (χ3v) is 3.41. The molecule has 15 heavy (non-hydrogen) atoms. The summed E-state index contributed by atoms with van der Waals surface area (Å²) in [5.41, 5.74) is 1.29. The first kappa shape index (κ1) is 11.7. The molecular weight excluding hydrogens is 216 g/mol. The lowest BCUT2D eigenvalue weighted by Crippen LogP contribution is -2.18. The highest BCUT2D eigenvalue weighted by Gasteiger charge is 2.12. The van der Waals surface area contributed by atoms with Gasteiger partial charge in [-0.1, -0.05) is 6.07 Å². The van der Waals surface area contributed by atoms with Gasteiger partial charge in [0.05, 0.1) is 4.90 Å². The van der Waals surface area contributed by atoms with Crippen molar-refractivity contribution in [3.05, 3.63) is 23.8 Å². The Morgan fingerprint density at radius 2 is 2.00 bits per heavy atom. The predicted molar refractivity (Wildman–Crippen MR) is 57.1 cm³/mol. The quantitative estimate of drug-likeness (QED) is 0.736. The number of anilines is 1. The molecule has 0 spiro atoms. The Labute approximate surface area is 88.5 Å². The van der Waals surface area contributed by atoms with Gasteiger partial charge in [0.1, 0.15) is 0 Å². The molecule has 1 amide bonds. The van der Waals surface area contributed by atoms with Crippen molar-refractivity contribution >= 4 is 22.1 Å². The highest BCUT2D eigenvalue weighted by Crippen LogP contribution is 2.19. The average Bonchev–Trinajstić information content (AvgIpc) is 2.21. The molecule has 0 saturated heterocycles. The summed E-state index contributed by atoms with van der Waals surface area (Å²) >= 11 is 0. The van der Waals surface area contributed by atoms with E-state index in [0.29, 0.717) is 12.1 Å². The van der Waals surface area contributed by atoms with Crippen LogP contribution >= 0.6 is 0 Å². The molecule has 6 heteroatoms. The summed E-state index contributed by atoms with van der Waals surface area (Å²) in [6.07, 6.45) is 0.512. The molecule has 1 aromatic rings. The van der Waals surface area contributed by atoms with Crippen LogP contribution in [0, 0.1) is 6.92 Å². The van der Waals surface area contributed by atoms with Gasteiger partial charge in [0.25, 0.3) is 0 Å². The largest absolute Gasteiger partial charge is 0.328 e. The van der Waals surface area contributed by atoms with Gasteiger partial charge < -0.3 is 5.32 Å². The number of aryl methyl sites for hydroxylation is 1. The molecule has 0 unspecified atom stereocenters. The third-order valence-electron chi connectivity index (χ3n) is 2.00. The van der Waals surface area contributed by atoms with Crippen molar-refractivity contribution in [2.75, 3.05) is 12.4 Å². The van der Waals surface area contributed by atoms with Crippen LogP contribution in [0.3, 0.4) is 0 Å². The van der Waals surface area contributed by atoms with Gasteiger partial charge in [-0.05, 0) is 31.7 Å².